The molecule has 0 atom stereocenters. The minimum absolute atomic E-state index is 0.264. The van der Waals surface area contributed by atoms with Crippen molar-refractivity contribution in [3.8, 4) is 22.6 Å². The molecular weight excluding hydrogens is 278 g/mol. The van der Waals surface area contributed by atoms with Gasteiger partial charge in [-0.15, -0.1) is 0 Å². The molecule has 5 nitrogen and oxygen atoms in total. The Balaban J connectivity index is 2.01. The van der Waals surface area contributed by atoms with E-state index in [0.29, 0.717) is 22.3 Å². The molecule has 1 aliphatic carbocycles. The van der Waals surface area contributed by atoms with Gasteiger partial charge in [-0.1, -0.05) is 11.6 Å². The van der Waals surface area contributed by atoms with E-state index >= 15 is 0 Å². The first-order valence-corrected chi connectivity index (χ1v) is 6.90. The van der Waals surface area contributed by atoms with Gasteiger partial charge in [0.25, 0.3) is 0 Å². The summed E-state index contributed by atoms with van der Waals surface area (Å²) in [4.78, 5) is 0. The van der Waals surface area contributed by atoms with Gasteiger partial charge in [-0.25, -0.2) is 0 Å². The fraction of sp³-hybridized carbons (Fsp3) is 0.357. The van der Waals surface area contributed by atoms with Gasteiger partial charge in [0.1, 0.15) is 5.82 Å². The summed E-state index contributed by atoms with van der Waals surface area (Å²) in [5.41, 5.74) is 7.40. The number of halogens is 1. The first kappa shape index (κ1) is 13.1. The van der Waals surface area contributed by atoms with E-state index in [1.807, 2.05) is 6.07 Å². The van der Waals surface area contributed by atoms with Crippen LogP contribution in [0.25, 0.3) is 11.1 Å². The van der Waals surface area contributed by atoms with Gasteiger partial charge in [0.2, 0.25) is 0 Å². The molecule has 1 heterocycles. The number of hydrogen-bond acceptors (Lipinski definition) is 4. The first-order valence-electron chi connectivity index (χ1n) is 6.52. The Labute approximate surface area is 122 Å². The van der Waals surface area contributed by atoms with E-state index in [1.54, 1.807) is 19.4 Å². The number of methoxy groups -OCH3 is 1. The second-order valence-corrected chi connectivity index (χ2v) is 5.26. The zero-order valence-electron chi connectivity index (χ0n) is 11.1. The Morgan fingerprint density at radius 1 is 1.30 bits per heavy atom. The van der Waals surface area contributed by atoms with Crippen LogP contribution >= 0.6 is 11.6 Å². The zero-order chi connectivity index (χ0) is 14.1. The van der Waals surface area contributed by atoms with Crippen LogP contribution in [0.3, 0.4) is 0 Å². The standard InChI is InChI=1S/C14H16ClN3O2/c1-19-12-6-11(15)9(10-7-17-18-14(10)16)5-13(12)20-8-3-2-4-8/h5-8H,2-4H2,1H3,(H3,16,17,18). The molecule has 0 radical (unpaired) electrons. The van der Waals surface area contributed by atoms with Gasteiger partial charge in [-0.2, -0.15) is 5.10 Å². The van der Waals surface area contributed by atoms with E-state index in [2.05, 4.69) is 10.2 Å². The van der Waals surface area contributed by atoms with Crippen molar-refractivity contribution in [2.75, 3.05) is 12.8 Å². The molecular formula is C14H16ClN3O2. The number of nitrogens with two attached hydrogens (primary N) is 1. The lowest BCUT2D eigenvalue weighted by molar-refractivity contribution is 0.116. The minimum Gasteiger partial charge on any atom is -0.493 e. The molecule has 0 saturated heterocycles. The largest absolute Gasteiger partial charge is 0.493 e. The van der Waals surface area contributed by atoms with E-state index in [9.17, 15) is 0 Å². The van der Waals surface area contributed by atoms with Gasteiger partial charge in [0.15, 0.2) is 11.5 Å². The predicted octanol–water partition coefficient (Wildman–Crippen LogP) is 3.25. The number of H-pyrrole nitrogens is 1. The van der Waals surface area contributed by atoms with E-state index in [4.69, 9.17) is 26.8 Å². The minimum atomic E-state index is 0.264. The third-order valence-corrected chi connectivity index (χ3v) is 3.87. The van der Waals surface area contributed by atoms with Gasteiger partial charge in [0, 0.05) is 17.2 Å². The molecule has 0 aliphatic heterocycles. The van der Waals surface area contributed by atoms with Crippen LogP contribution in [-0.4, -0.2) is 23.4 Å². The Kier molecular flexibility index (Phi) is 3.44. The van der Waals surface area contributed by atoms with Crippen molar-refractivity contribution >= 4 is 17.4 Å². The van der Waals surface area contributed by atoms with Crippen molar-refractivity contribution in [2.45, 2.75) is 25.4 Å². The lowest BCUT2D eigenvalue weighted by Crippen LogP contribution is -2.24. The molecule has 106 valence electrons. The number of rotatable bonds is 4. The van der Waals surface area contributed by atoms with Crippen molar-refractivity contribution in [1.29, 1.82) is 0 Å². The number of nitrogens with zero attached hydrogens (tertiary/aromatic N) is 1. The number of nitrogens with one attached hydrogen (secondary N) is 1. The summed E-state index contributed by atoms with van der Waals surface area (Å²) in [5.74, 6) is 1.80. The maximum absolute atomic E-state index is 6.30. The van der Waals surface area contributed by atoms with E-state index in [0.717, 1.165) is 24.0 Å². The van der Waals surface area contributed by atoms with Crippen LogP contribution in [0.2, 0.25) is 5.02 Å². The molecule has 0 unspecified atom stereocenters. The molecule has 3 N–H and O–H groups in total. The monoisotopic (exact) mass is 293 g/mol. The number of aromatic amines is 1. The highest BCUT2D eigenvalue weighted by atomic mass is 35.5. The summed E-state index contributed by atoms with van der Waals surface area (Å²) < 4.78 is 11.3. The van der Waals surface area contributed by atoms with Crippen LogP contribution in [-0.2, 0) is 0 Å². The molecule has 1 aromatic heterocycles. The van der Waals surface area contributed by atoms with Crippen LogP contribution in [0, 0.1) is 0 Å². The van der Waals surface area contributed by atoms with Crippen LogP contribution < -0.4 is 15.2 Å². The first-order chi connectivity index (χ1) is 9.69. The number of aromatic nitrogens is 2. The van der Waals surface area contributed by atoms with Crippen molar-refractivity contribution < 1.29 is 9.47 Å². The van der Waals surface area contributed by atoms with Crippen LogP contribution in [0.1, 0.15) is 19.3 Å². The molecule has 3 rings (SSSR count). The highest BCUT2D eigenvalue weighted by Gasteiger charge is 2.22. The fourth-order valence-electron chi connectivity index (χ4n) is 2.17. The van der Waals surface area contributed by atoms with Crippen LogP contribution in [0.15, 0.2) is 18.3 Å². The average molecular weight is 294 g/mol. The Bertz CT molecular complexity index is 623. The van der Waals surface area contributed by atoms with Crippen molar-refractivity contribution in [3.05, 3.63) is 23.4 Å². The van der Waals surface area contributed by atoms with Crippen molar-refractivity contribution in [3.63, 3.8) is 0 Å². The predicted molar refractivity (Wildman–Crippen MR) is 78.3 cm³/mol. The molecule has 0 amide bonds. The van der Waals surface area contributed by atoms with Crippen LogP contribution in [0.4, 0.5) is 5.82 Å². The number of hydrogen-bond donors (Lipinski definition) is 2. The molecule has 1 fully saturated rings. The van der Waals surface area contributed by atoms with E-state index < -0.39 is 0 Å². The Hall–Kier alpha value is -1.88. The summed E-state index contributed by atoms with van der Waals surface area (Å²) in [6.07, 6.45) is 5.28. The summed E-state index contributed by atoms with van der Waals surface area (Å²) in [5, 5.41) is 7.17. The van der Waals surface area contributed by atoms with Gasteiger partial charge in [0.05, 0.1) is 24.4 Å². The third-order valence-electron chi connectivity index (χ3n) is 3.56. The summed E-state index contributed by atoms with van der Waals surface area (Å²) in [6.45, 7) is 0. The quantitative estimate of drug-likeness (QED) is 0.907. The average Bonchev–Trinajstić information content (AvgIpc) is 2.81. The van der Waals surface area contributed by atoms with E-state index in [1.165, 1.54) is 6.42 Å². The van der Waals surface area contributed by atoms with Gasteiger partial charge >= 0.3 is 0 Å². The summed E-state index contributed by atoms with van der Waals surface area (Å²) in [6, 6.07) is 3.61. The van der Waals surface area contributed by atoms with Crippen molar-refractivity contribution in [1.82, 2.24) is 10.2 Å². The molecule has 0 bridgehead atoms. The number of nitrogen functional groups attached to an aromatic ring is 1. The summed E-state index contributed by atoms with van der Waals surface area (Å²) >= 11 is 6.30. The molecule has 6 heteroatoms. The number of benzene rings is 1. The Morgan fingerprint density at radius 3 is 2.65 bits per heavy atom. The molecule has 1 aliphatic rings. The van der Waals surface area contributed by atoms with Crippen molar-refractivity contribution in [2.24, 2.45) is 0 Å². The SMILES string of the molecule is COc1cc(Cl)c(-c2cn[nH]c2N)cc1OC1CCC1. The lowest BCUT2D eigenvalue weighted by atomic mass is 9.96. The highest BCUT2D eigenvalue weighted by molar-refractivity contribution is 6.33. The second kappa shape index (κ2) is 5.25. The van der Waals surface area contributed by atoms with Gasteiger partial charge in [-0.05, 0) is 25.3 Å². The maximum Gasteiger partial charge on any atom is 0.162 e. The molecule has 0 spiro atoms. The maximum atomic E-state index is 6.30. The zero-order valence-corrected chi connectivity index (χ0v) is 11.9. The molecule has 1 saturated carbocycles. The topological polar surface area (TPSA) is 73.2 Å². The molecule has 20 heavy (non-hydrogen) atoms. The van der Waals surface area contributed by atoms with Crippen LogP contribution in [0.5, 0.6) is 11.5 Å². The number of ether oxygens (including phenoxy) is 2. The van der Waals surface area contributed by atoms with Gasteiger partial charge < -0.3 is 15.2 Å². The lowest BCUT2D eigenvalue weighted by Gasteiger charge is -2.27. The second-order valence-electron chi connectivity index (χ2n) is 4.85. The number of anilines is 1. The molecule has 1 aromatic carbocycles. The van der Waals surface area contributed by atoms with E-state index in [-0.39, 0.29) is 6.10 Å². The Morgan fingerprint density at radius 2 is 2.10 bits per heavy atom. The normalized spacial score (nSPS) is 14.9. The molecule has 2 aromatic rings. The third kappa shape index (κ3) is 2.29. The fourth-order valence-corrected chi connectivity index (χ4v) is 2.43. The summed E-state index contributed by atoms with van der Waals surface area (Å²) in [7, 11) is 1.60. The van der Waals surface area contributed by atoms with Gasteiger partial charge in [-0.3, -0.25) is 5.10 Å². The smallest absolute Gasteiger partial charge is 0.162 e. The highest BCUT2D eigenvalue weighted by Crippen LogP contribution is 2.41.